The molecule has 0 amide bonds. The molecular formula is C13H9N5. The largest absolute Gasteiger partial charge is 0.264 e. The van der Waals surface area contributed by atoms with Gasteiger partial charge < -0.3 is 0 Å². The number of rotatable bonds is 2. The van der Waals surface area contributed by atoms with Gasteiger partial charge in [-0.15, -0.1) is 0 Å². The molecule has 3 rings (SSSR count). The van der Waals surface area contributed by atoms with Gasteiger partial charge in [0.05, 0.1) is 24.4 Å². The van der Waals surface area contributed by atoms with Crippen LogP contribution in [-0.4, -0.2) is 19.6 Å². The van der Waals surface area contributed by atoms with Crippen molar-refractivity contribution in [2.75, 3.05) is 0 Å². The minimum absolute atomic E-state index is 0.312. The Morgan fingerprint density at radius 2 is 2.17 bits per heavy atom. The fraction of sp³-hybridized carbons (Fsp3) is 0.0769. The minimum Gasteiger partial charge on any atom is -0.264 e. The Hall–Kier alpha value is -2.74. The van der Waals surface area contributed by atoms with Crippen LogP contribution in [0, 0.1) is 11.3 Å². The van der Waals surface area contributed by atoms with Crippen LogP contribution in [0.15, 0.2) is 43.0 Å². The molecule has 0 spiro atoms. The highest BCUT2D eigenvalue weighted by atomic mass is 15.3. The lowest BCUT2D eigenvalue weighted by atomic mass is 10.2. The van der Waals surface area contributed by atoms with Crippen LogP contribution < -0.4 is 0 Å². The van der Waals surface area contributed by atoms with E-state index < -0.39 is 0 Å². The Labute approximate surface area is 103 Å². The minimum atomic E-state index is 0.312. The van der Waals surface area contributed by atoms with Crippen molar-refractivity contribution in [3.05, 3.63) is 48.5 Å². The molecule has 0 bridgehead atoms. The Morgan fingerprint density at radius 3 is 2.94 bits per heavy atom. The summed E-state index contributed by atoms with van der Waals surface area (Å²) in [4.78, 5) is 8.37. The molecule has 0 saturated carbocycles. The van der Waals surface area contributed by atoms with Gasteiger partial charge in [0.15, 0.2) is 5.65 Å². The van der Waals surface area contributed by atoms with Crippen molar-refractivity contribution < 1.29 is 0 Å². The predicted molar refractivity (Wildman–Crippen MR) is 65.5 cm³/mol. The van der Waals surface area contributed by atoms with Gasteiger partial charge in [0.1, 0.15) is 0 Å². The second kappa shape index (κ2) is 4.26. The summed E-state index contributed by atoms with van der Waals surface area (Å²) in [6, 6.07) is 7.84. The summed E-state index contributed by atoms with van der Waals surface area (Å²) < 4.78 is 1.74. The van der Waals surface area contributed by atoms with Gasteiger partial charge in [-0.2, -0.15) is 10.4 Å². The van der Waals surface area contributed by atoms with Crippen molar-refractivity contribution in [2.24, 2.45) is 0 Å². The number of nitriles is 1. The first kappa shape index (κ1) is 10.4. The second-order valence-electron chi connectivity index (χ2n) is 3.81. The molecule has 5 nitrogen and oxygen atoms in total. The normalized spacial score (nSPS) is 10.4. The second-order valence-corrected chi connectivity index (χ2v) is 3.81. The molecule has 3 aromatic heterocycles. The predicted octanol–water partition coefficient (Wildman–Crippen LogP) is 1.86. The van der Waals surface area contributed by atoms with Crippen LogP contribution in [0.1, 0.15) is 5.56 Å². The maximum Gasteiger partial charge on any atom is 0.159 e. The lowest BCUT2D eigenvalue weighted by molar-refractivity contribution is 0.946. The molecule has 3 aromatic rings. The van der Waals surface area contributed by atoms with Crippen molar-refractivity contribution in [1.82, 2.24) is 19.6 Å². The van der Waals surface area contributed by atoms with E-state index in [1.54, 1.807) is 29.3 Å². The number of nitrogens with zero attached hydrogens (tertiary/aromatic N) is 5. The first-order chi connectivity index (χ1) is 8.90. The lowest BCUT2D eigenvalue weighted by Gasteiger charge is -2.03. The highest BCUT2D eigenvalue weighted by Crippen LogP contribution is 2.19. The van der Waals surface area contributed by atoms with Crippen molar-refractivity contribution in [1.29, 1.82) is 5.26 Å². The fourth-order valence-electron chi connectivity index (χ4n) is 1.88. The number of pyridine rings is 1. The number of hydrogen-bond donors (Lipinski definition) is 0. The van der Waals surface area contributed by atoms with Crippen LogP contribution in [0.5, 0.6) is 0 Å². The van der Waals surface area contributed by atoms with E-state index in [1.807, 2.05) is 18.2 Å². The van der Waals surface area contributed by atoms with Crippen molar-refractivity contribution in [3.63, 3.8) is 0 Å². The van der Waals surface area contributed by atoms with E-state index in [9.17, 15) is 0 Å². The summed E-state index contributed by atoms with van der Waals surface area (Å²) in [5.74, 6) is 0. The van der Waals surface area contributed by atoms with E-state index in [4.69, 9.17) is 5.26 Å². The maximum absolute atomic E-state index is 8.76. The molecule has 18 heavy (non-hydrogen) atoms. The third-order valence-corrected chi connectivity index (χ3v) is 2.70. The topological polar surface area (TPSA) is 66.9 Å². The molecule has 0 aliphatic carbocycles. The average molecular weight is 235 g/mol. The summed E-state index contributed by atoms with van der Waals surface area (Å²) >= 11 is 0. The van der Waals surface area contributed by atoms with Crippen LogP contribution in [0.25, 0.3) is 16.9 Å². The Bertz CT molecular complexity index is 724. The Balaban J connectivity index is 2.23. The summed E-state index contributed by atoms with van der Waals surface area (Å²) in [6.45, 7) is 0. The van der Waals surface area contributed by atoms with Crippen LogP contribution in [-0.2, 0) is 6.42 Å². The average Bonchev–Trinajstić information content (AvgIpc) is 2.84. The molecule has 86 valence electrons. The highest BCUT2D eigenvalue weighted by molar-refractivity contribution is 5.62. The Kier molecular flexibility index (Phi) is 2.47. The zero-order valence-corrected chi connectivity index (χ0v) is 9.48. The summed E-state index contributed by atoms with van der Waals surface area (Å²) in [7, 11) is 0. The van der Waals surface area contributed by atoms with Crippen LogP contribution in [0.3, 0.4) is 0 Å². The zero-order valence-electron chi connectivity index (χ0n) is 9.48. The molecule has 0 radical (unpaired) electrons. The summed E-state index contributed by atoms with van der Waals surface area (Å²) in [5.41, 5.74) is 3.44. The maximum atomic E-state index is 8.76. The SMILES string of the molecule is N#CCc1cnn2c(-c3cccnc3)ccnc12. The van der Waals surface area contributed by atoms with E-state index in [-0.39, 0.29) is 0 Å². The Morgan fingerprint density at radius 1 is 1.22 bits per heavy atom. The summed E-state index contributed by atoms with van der Waals surface area (Å²) in [5, 5.41) is 13.0. The van der Waals surface area contributed by atoms with Crippen LogP contribution >= 0.6 is 0 Å². The molecule has 0 aliphatic rings. The monoisotopic (exact) mass is 235 g/mol. The molecule has 0 unspecified atom stereocenters. The van der Waals surface area contributed by atoms with Crippen molar-refractivity contribution in [3.8, 4) is 17.3 Å². The van der Waals surface area contributed by atoms with Gasteiger partial charge in [-0.25, -0.2) is 9.50 Å². The molecule has 5 heteroatoms. The van der Waals surface area contributed by atoms with Gasteiger partial charge in [0.25, 0.3) is 0 Å². The zero-order chi connectivity index (χ0) is 12.4. The van der Waals surface area contributed by atoms with E-state index >= 15 is 0 Å². The van der Waals surface area contributed by atoms with Crippen LogP contribution in [0.4, 0.5) is 0 Å². The van der Waals surface area contributed by atoms with Gasteiger partial charge in [0.2, 0.25) is 0 Å². The van der Waals surface area contributed by atoms with Gasteiger partial charge >= 0.3 is 0 Å². The van der Waals surface area contributed by atoms with Gasteiger partial charge in [-0.1, -0.05) is 0 Å². The van der Waals surface area contributed by atoms with Gasteiger partial charge in [-0.05, 0) is 18.2 Å². The third-order valence-electron chi connectivity index (χ3n) is 2.70. The van der Waals surface area contributed by atoms with Gasteiger partial charge in [-0.3, -0.25) is 4.98 Å². The molecule has 0 N–H and O–H groups in total. The van der Waals surface area contributed by atoms with Crippen LogP contribution in [0.2, 0.25) is 0 Å². The molecule has 0 saturated heterocycles. The number of fused-ring (bicyclic) bond motifs is 1. The molecule has 0 aromatic carbocycles. The first-order valence-corrected chi connectivity index (χ1v) is 5.49. The van der Waals surface area contributed by atoms with E-state index in [0.29, 0.717) is 6.42 Å². The first-order valence-electron chi connectivity index (χ1n) is 5.49. The molecule has 0 fully saturated rings. The highest BCUT2D eigenvalue weighted by Gasteiger charge is 2.09. The van der Waals surface area contributed by atoms with Crippen molar-refractivity contribution in [2.45, 2.75) is 6.42 Å². The third kappa shape index (κ3) is 1.60. The van der Waals surface area contributed by atoms with E-state index in [1.165, 1.54) is 0 Å². The van der Waals surface area contributed by atoms with E-state index in [0.717, 1.165) is 22.5 Å². The van der Waals surface area contributed by atoms with Crippen molar-refractivity contribution >= 4 is 5.65 Å². The quantitative estimate of drug-likeness (QED) is 0.680. The van der Waals surface area contributed by atoms with E-state index in [2.05, 4.69) is 21.1 Å². The molecule has 0 aliphatic heterocycles. The summed E-state index contributed by atoms with van der Waals surface area (Å²) in [6.07, 6.45) is 7.23. The standard InChI is InChI=1S/C13H9N5/c14-5-3-11-9-17-18-12(4-7-16-13(11)18)10-2-1-6-15-8-10/h1-2,4,6-9H,3H2. The molecule has 0 atom stereocenters. The van der Waals surface area contributed by atoms with Gasteiger partial charge in [0, 0.05) is 29.7 Å². The molecule has 3 heterocycles. The fourth-order valence-corrected chi connectivity index (χ4v) is 1.88. The number of hydrogen-bond acceptors (Lipinski definition) is 4. The number of aromatic nitrogens is 4. The smallest absolute Gasteiger partial charge is 0.159 e. The molecular weight excluding hydrogens is 226 g/mol. The lowest BCUT2D eigenvalue weighted by Crippen LogP contribution is -1.96.